The summed E-state index contributed by atoms with van der Waals surface area (Å²) in [5.74, 6) is 0.484. The predicted molar refractivity (Wildman–Crippen MR) is 164 cm³/mol. The fourth-order valence-electron chi connectivity index (χ4n) is 6.90. The van der Waals surface area contributed by atoms with Gasteiger partial charge < -0.3 is 19.1 Å². The van der Waals surface area contributed by atoms with Crippen molar-refractivity contribution in [2.24, 2.45) is 10.8 Å². The van der Waals surface area contributed by atoms with Crippen LogP contribution in [0.25, 0.3) is 0 Å². The fraction of sp³-hybridized carbons (Fsp3) is 0.500. The van der Waals surface area contributed by atoms with E-state index in [4.69, 9.17) is 14.2 Å². The highest BCUT2D eigenvalue weighted by atomic mass is 19.1. The molecule has 0 unspecified atom stereocenters. The molecule has 0 atom stereocenters. The third-order valence-electron chi connectivity index (χ3n) is 8.64. The van der Waals surface area contributed by atoms with Crippen LogP contribution in [0.2, 0.25) is 0 Å². The molecular weight excluding hydrogens is 545 g/mol. The second-order valence-electron chi connectivity index (χ2n) is 13.6. The number of Topliss-reactive ketones (excluding diaryl/α,β-unsaturated/α-hetero) is 2. The van der Waals surface area contributed by atoms with E-state index in [0.717, 1.165) is 47.4 Å². The molecule has 1 heterocycles. The lowest BCUT2D eigenvalue weighted by atomic mass is 9.63. The number of halogens is 1. The molecule has 1 aliphatic heterocycles. The molecule has 0 N–H and O–H groups in total. The van der Waals surface area contributed by atoms with Gasteiger partial charge in [-0.15, -0.1) is 0 Å². The van der Waals surface area contributed by atoms with Crippen LogP contribution >= 0.6 is 0 Å². The maximum absolute atomic E-state index is 14.0. The molecule has 0 saturated carbocycles. The first-order valence-corrected chi connectivity index (χ1v) is 15.4. The van der Waals surface area contributed by atoms with Crippen LogP contribution in [0.4, 0.5) is 4.39 Å². The largest absolute Gasteiger partial charge is 0.490 e. The summed E-state index contributed by atoms with van der Waals surface area (Å²) in [6, 6.07) is 12.0. The van der Waals surface area contributed by atoms with Gasteiger partial charge in [-0.1, -0.05) is 45.9 Å². The molecule has 6 nitrogen and oxygen atoms in total. The Bertz CT molecular complexity index is 1420. The number of ketones is 2. The summed E-state index contributed by atoms with van der Waals surface area (Å²) < 4.78 is 31.2. The first kappa shape index (κ1) is 31.0. The average molecular weight is 590 g/mol. The predicted octanol–water partition coefficient (Wildman–Crippen LogP) is 7.53. The molecule has 2 aromatic carbocycles. The van der Waals surface area contributed by atoms with Crippen molar-refractivity contribution in [3.8, 4) is 11.5 Å². The molecule has 0 fully saturated rings. The number of nitrogens with zero attached hydrogens (tertiary/aromatic N) is 1. The van der Waals surface area contributed by atoms with E-state index in [9.17, 15) is 14.0 Å². The maximum Gasteiger partial charge on any atom is 0.162 e. The summed E-state index contributed by atoms with van der Waals surface area (Å²) >= 11 is 0. The first-order chi connectivity index (χ1) is 20.4. The van der Waals surface area contributed by atoms with Gasteiger partial charge in [0.05, 0.1) is 6.61 Å². The van der Waals surface area contributed by atoms with Crippen molar-refractivity contribution in [3.05, 3.63) is 81.9 Å². The van der Waals surface area contributed by atoms with Gasteiger partial charge in [-0.3, -0.25) is 9.59 Å². The van der Waals surface area contributed by atoms with Crippen molar-refractivity contribution in [3.63, 3.8) is 0 Å². The molecule has 0 aromatic heterocycles. The molecule has 2 aromatic rings. The Labute approximate surface area is 254 Å². The Morgan fingerprint density at radius 1 is 0.860 bits per heavy atom. The Hall–Kier alpha value is -3.45. The number of allylic oxidation sites excluding steroid dienone is 4. The van der Waals surface area contributed by atoms with Crippen molar-refractivity contribution in [1.29, 1.82) is 0 Å². The molecule has 0 saturated heterocycles. The third kappa shape index (κ3) is 6.57. The van der Waals surface area contributed by atoms with E-state index in [1.54, 1.807) is 13.2 Å². The van der Waals surface area contributed by atoms with E-state index >= 15 is 0 Å². The van der Waals surface area contributed by atoms with Gasteiger partial charge in [0.25, 0.3) is 0 Å². The highest BCUT2D eigenvalue weighted by Crippen LogP contribution is 2.55. The second-order valence-corrected chi connectivity index (χ2v) is 13.6. The number of rotatable bonds is 10. The van der Waals surface area contributed by atoms with Gasteiger partial charge in [-0.05, 0) is 72.4 Å². The number of hydrogen-bond donors (Lipinski definition) is 0. The van der Waals surface area contributed by atoms with Gasteiger partial charge in [-0.25, -0.2) is 4.39 Å². The summed E-state index contributed by atoms with van der Waals surface area (Å²) in [4.78, 5) is 30.4. The standard InChI is InChI=1S/C36H44FNO5/c1-7-42-31-17-24(12-13-30(31)43-22-23-10-8-11-25(37)16-23)32-33-26(18-35(2,3)20-28(33)39)38(14-9-15-41-6)27-19-36(4,5)21-29(40)34(27)32/h8,10-13,16-17,32H,7,9,14-15,18-22H2,1-6H3. The minimum absolute atomic E-state index is 0.0987. The van der Waals surface area contributed by atoms with Crippen LogP contribution < -0.4 is 9.47 Å². The maximum atomic E-state index is 14.0. The summed E-state index contributed by atoms with van der Waals surface area (Å²) in [6.45, 7) is 12.4. The third-order valence-corrected chi connectivity index (χ3v) is 8.64. The number of ether oxygens (including phenoxy) is 3. The van der Waals surface area contributed by atoms with E-state index in [2.05, 4.69) is 32.6 Å². The minimum Gasteiger partial charge on any atom is -0.490 e. The number of hydrogen-bond acceptors (Lipinski definition) is 6. The zero-order valence-electron chi connectivity index (χ0n) is 26.3. The summed E-state index contributed by atoms with van der Waals surface area (Å²) in [6.07, 6.45) is 3.18. The van der Waals surface area contributed by atoms with Crippen molar-refractivity contribution in [1.82, 2.24) is 4.90 Å². The Morgan fingerprint density at radius 3 is 2.09 bits per heavy atom. The van der Waals surface area contributed by atoms with Crippen LogP contribution in [0.3, 0.4) is 0 Å². The molecule has 5 rings (SSSR count). The zero-order valence-corrected chi connectivity index (χ0v) is 26.3. The first-order valence-electron chi connectivity index (χ1n) is 15.4. The van der Waals surface area contributed by atoms with Crippen molar-refractivity contribution >= 4 is 11.6 Å². The monoisotopic (exact) mass is 589 g/mol. The smallest absolute Gasteiger partial charge is 0.162 e. The number of carbonyl (C=O) groups is 2. The zero-order chi connectivity index (χ0) is 30.9. The lowest BCUT2D eigenvalue weighted by Gasteiger charge is -2.49. The van der Waals surface area contributed by atoms with E-state index in [1.165, 1.54) is 12.1 Å². The molecule has 2 aliphatic carbocycles. The molecule has 3 aliphatic rings. The van der Waals surface area contributed by atoms with Crippen LogP contribution in [0.1, 0.15) is 83.8 Å². The van der Waals surface area contributed by atoms with Crippen LogP contribution in [-0.4, -0.2) is 43.3 Å². The average Bonchev–Trinajstić information content (AvgIpc) is 2.91. The van der Waals surface area contributed by atoms with Gasteiger partial charge in [-0.2, -0.15) is 0 Å². The van der Waals surface area contributed by atoms with E-state index in [1.807, 2.05) is 31.2 Å². The summed E-state index contributed by atoms with van der Waals surface area (Å²) in [7, 11) is 1.70. The number of methoxy groups -OCH3 is 1. The second kappa shape index (κ2) is 12.3. The lowest BCUT2D eigenvalue weighted by molar-refractivity contribution is -0.119. The minimum atomic E-state index is -0.465. The molecule has 0 radical (unpaired) electrons. The SMILES string of the molecule is CCOc1cc(C2C3=C(CC(C)(C)CC3=O)N(CCCOC)C3=C2C(=O)CC(C)(C)C3)ccc1OCc1cccc(F)c1. The highest BCUT2D eigenvalue weighted by Gasteiger charge is 2.49. The fourth-order valence-corrected chi connectivity index (χ4v) is 6.90. The summed E-state index contributed by atoms with van der Waals surface area (Å²) in [5, 5.41) is 0. The van der Waals surface area contributed by atoms with Crippen LogP contribution in [0, 0.1) is 16.6 Å². The van der Waals surface area contributed by atoms with Crippen LogP contribution in [-0.2, 0) is 20.9 Å². The van der Waals surface area contributed by atoms with Crippen LogP contribution in [0.5, 0.6) is 11.5 Å². The van der Waals surface area contributed by atoms with E-state index in [-0.39, 0.29) is 34.8 Å². The van der Waals surface area contributed by atoms with E-state index in [0.29, 0.717) is 49.7 Å². The molecule has 230 valence electrons. The lowest BCUT2D eigenvalue weighted by Crippen LogP contribution is -2.44. The Morgan fingerprint density at radius 2 is 1.51 bits per heavy atom. The molecule has 7 heteroatoms. The molecule has 0 spiro atoms. The van der Waals surface area contributed by atoms with Crippen LogP contribution in [0.15, 0.2) is 65.0 Å². The van der Waals surface area contributed by atoms with Crippen molar-refractivity contribution < 1.29 is 28.2 Å². The number of benzene rings is 2. The molecule has 0 amide bonds. The van der Waals surface area contributed by atoms with Gasteiger partial charge >= 0.3 is 0 Å². The van der Waals surface area contributed by atoms with Crippen molar-refractivity contribution in [2.75, 3.05) is 26.9 Å². The highest BCUT2D eigenvalue weighted by molar-refractivity contribution is 6.06. The van der Waals surface area contributed by atoms with Gasteiger partial charge in [0.1, 0.15) is 12.4 Å². The van der Waals surface area contributed by atoms with Gasteiger partial charge in [0.2, 0.25) is 0 Å². The quantitative estimate of drug-likeness (QED) is 0.267. The molecule has 0 bridgehead atoms. The van der Waals surface area contributed by atoms with Crippen molar-refractivity contribution in [2.45, 2.75) is 79.2 Å². The van der Waals surface area contributed by atoms with E-state index < -0.39 is 5.92 Å². The Balaban J connectivity index is 1.62. The normalized spacial score (nSPS) is 19.8. The molecular formula is C36H44FNO5. The molecule has 43 heavy (non-hydrogen) atoms. The van der Waals surface area contributed by atoms with Gasteiger partial charge in [0, 0.05) is 61.6 Å². The Kier molecular flexibility index (Phi) is 8.85. The summed E-state index contributed by atoms with van der Waals surface area (Å²) in [5.41, 5.74) is 4.74. The number of carbonyl (C=O) groups excluding carboxylic acids is 2. The topological polar surface area (TPSA) is 65.1 Å². The van der Waals surface area contributed by atoms with Gasteiger partial charge in [0.15, 0.2) is 23.1 Å².